The first-order valence-corrected chi connectivity index (χ1v) is 9.63. The third kappa shape index (κ3) is 4.11. The molecule has 3 rings (SSSR count). The molecule has 152 valence electrons. The Kier molecular flexibility index (Phi) is 6.85. The lowest BCUT2D eigenvalue weighted by molar-refractivity contribution is 0.266. The lowest BCUT2D eigenvalue weighted by atomic mass is 9.96. The maximum Gasteiger partial charge on any atom is 0.207 e. The highest BCUT2D eigenvalue weighted by molar-refractivity contribution is 5.67. The van der Waals surface area contributed by atoms with E-state index < -0.39 is 0 Å². The Labute approximate surface area is 166 Å². The highest BCUT2D eigenvalue weighted by Gasteiger charge is 2.29. The normalized spacial score (nSPS) is 14.0. The molecular weight excluding hydrogens is 358 g/mol. The van der Waals surface area contributed by atoms with Crippen LogP contribution in [-0.4, -0.2) is 40.0 Å². The number of rotatable bonds is 8. The van der Waals surface area contributed by atoms with Gasteiger partial charge >= 0.3 is 0 Å². The predicted octanol–water partition coefficient (Wildman–Crippen LogP) is 4.08. The Morgan fingerprint density at radius 1 is 0.857 bits per heavy atom. The molecule has 0 N–H and O–H groups in total. The zero-order valence-corrected chi connectivity index (χ0v) is 17.1. The summed E-state index contributed by atoms with van der Waals surface area (Å²) in [6.07, 6.45) is 8.45. The van der Waals surface area contributed by atoms with Gasteiger partial charge in [0.1, 0.15) is 5.75 Å². The van der Waals surface area contributed by atoms with Crippen molar-refractivity contribution in [1.29, 1.82) is 0 Å². The van der Waals surface area contributed by atoms with E-state index in [2.05, 4.69) is 4.98 Å². The number of hydrogen-bond donors (Lipinski definition) is 0. The second kappa shape index (κ2) is 9.53. The van der Waals surface area contributed by atoms with Gasteiger partial charge in [-0.25, -0.2) is 0 Å². The maximum atomic E-state index is 5.84. The van der Waals surface area contributed by atoms with Crippen molar-refractivity contribution < 1.29 is 23.7 Å². The van der Waals surface area contributed by atoms with E-state index in [0.717, 1.165) is 60.5 Å². The smallest absolute Gasteiger partial charge is 0.207 e. The van der Waals surface area contributed by atoms with Crippen LogP contribution in [0, 0.1) is 5.92 Å². The van der Waals surface area contributed by atoms with Gasteiger partial charge in [0.25, 0.3) is 0 Å². The van der Waals surface area contributed by atoms with Gasteiger partial charge in [0.2, 0.25) is 11.5 Å². The van der Waals surface area contributed by atoms with Crippen molar-refractivity contribution in [3.8, 4) is 28.7 Å². The van der Waals surface area contributed by atoms with Crippen LogP contribution in [0.2, 0.25) is 0 Å². The highest BCUT2D eigenvalue weighted by Crippen LogP contribution is 2.51. The van der Waals surface area contributed by atoms with Crippen LogP contribution < -0.4 is 23.7 Å². The fourth-order valence-corrected chi connectivity index (χ4v) is 3.99. The molecule has 0 aliphatic heterocycles. The summed E-state index contributed by atoms with van der Waals surface area (Å²) in [5.74, 6) is 4.08. The monoisotopic (exact) mass is 387 g/mol. The van der Waals surface area contributed by atoms with E-state index in [0.29, 0.717) is 24.0 Å². The lowest BCUT2D eigenvalue weighted by Crippen LogP contribution is -2.08. The van der Waals surface area contributed by atoms with Gasteiger partial charge in [0.05, 0.1) is 41.2 Å². The van der Waals surface area contributed by atoms with Crippen LogP contribution in [0.25, 0.3) is 0 Å². The maximum absolute atomic E-state index is 5.84. The molecule has 1 aliphatic rings. The Balaban J connectivity index is 1.76. The molecule has 1 aromatic heterocycles. The molecule has 0 fully saturated rings. The second-order valence-electron chi connectivity index (χ2n) is 6.86. The summed E-state index contributed by atoms with van der Waals surface area (Å²) in [7, 11) is 6.60. The van der Waals surface area contributed by atoms with Gasteiger partial charge < -0.3 is 23.7 Å². The van der Waals surface area contributed by atoms with Crippen LogP contribution in [0.1, 0.15) is 30.4 Å². The standard InChI is InChI=1S/C22H29NO5/c1-24-19-17-9-7-15(11-13-28-16-6-5-12-23-14-16)8-10-18(17)20(25-2)22(27-4)21(19)26-3/h5-6,12,14-15H,7-11,13H2,1-4H3. The van der Waals surface area contributed by atoms with Crippen LogP contribution in [0.5, 0.6) is 28.7 Å². The summed E-state index contributed by atoms with van der Waals surface area (Å²) in [4.78, 5) is 4.09. The molecule has 1 aromatic carbocycles. The van der Waals surface area contributed by atoms with Crippen LogP contribution in [0.15, 0.2) is 24.5 Å². The molecule has 6 nitrogen and oxygen atoms in total. The first kappa shape index (κ1) is 20.1. The van der Waals surface area contributed by atoms with Gasteiger partial charge in [0, 0.05) is 17.3 Å². The molecule has 0 amide bonds. The number of fused-ring (bicyclic) bond motifs is 1. The fourth-order valence-electron chi connectivity index (χ4n) is 3.99. The third-order valence-electron chi connectivity index (χ3n) is 5.38. The molecule has 0 radical (unpaired) electrons. The molecule has 6 heteroatoms. The number of methoxy groups -OCH3 is 4. The number of hydrogen-bond acceptors (Lipinski definition) is 6. The molecule has 0 bridgehead atoms. The Bertz CT molecular complexity index is 735. The van der Waals surface area contributed by atoms with E-state index in [4.69, 9.17) is 23.7 Å². The van der Waals surface area contributed by atoms with Crippen molar-refractivity contribution >= 4 is 0 Å². The SMILES string of the molecule is COc1c2c(c(OC)c(OC)c1OC)CCC(CCOc1cccnc1)CC2. The minimum Gasteiger partial charge on any atom is -0.492 e. The first-order valence-electron chi connectivity index (χ1n) is 9.63. The Hall–Kier alpha value is -2.63. The zero-order valence-electron chi connectivity index (χ0n) is 17.1. The van der Waals surface area contributed by atoms with Crippen LogP contribution in [0.4, 0.5) is 0 Å². The predicted molar refractivity (Wildman–Crippen MR) is 107 cm³/mol. The van der Waals surface area contributed by atoms with E-state index in [1.165, 1.54) is 0 Å². The van der Waals surface area contributed by atoms with Gasteiger partial charge in [0.15, 0.2) is 11.5 Å². The van der Waals surface area contributed by atoms with Crippen molar-refractivity contribution in [2.45, 2.75) is 32.1 Å². The molecule has 2 aromatic rings. The minimum atomic E-state index is 0.565. The van der Waals surface area contributed by atoms with Crippen molar-refractivity contribution in [1.82, 2.24) is 4.98 Å². The largest absolute Gasteiger partial charge is 0.492 e. The summed E-state index contributed by atoms with van der Waals surface area (Å²) < 4.78 is 28.5. The van der Waals surface area contributed by atoms with E-state index in [9.17, 15) is 0 Å². The lowest BCUT2D eigenvalue weighted by Gasteiger charge is -2.21. The third-order valence-corrected chi connectivity index (χ3v) is 5.38. The average molecular weight is 387 g/mol. The number of ether oxygens (including phenoxy) is 5. The number of aromatic nitrogens is 1. The number of pyridine rings is 1. The molecular formula is C22H29NO5. The van der Waals surface area contributed by atoms with Gasteiger partial charge in [-0.1, -0.05) is 0 Å². The molecule has 1 heterocycles. The zero-order chi connectivity index (χ0) is 19.9. The van der Waals surface area contributed by atoms with E-state index in [-0.39, 0.29) is 0 Å². The molecule has 0 unspecified atom stereocenters. The van der Waals surface area contributed by atoms with Gasteiger partial charge in [-0.15, -0.1) is 0 Å². The summed E-state index contributed by atoms with van der Waals surface area (Å²) in [5.41, 5.74) is 2.32. The number of benzene rings is 1. The quantitative estimate of drug-likeness (QED) is 0.636. The molecule has 0 spiro atoms. The average Bonchev–Trinajstić information content (AvgIpc) is 2.95. The Morgan fingerprint density at radius 3 is 1.89 bits per heavy atom. The fraction of sp³-hybridized carbons (Fsp3) is 0.500. The summed E-state index contributed by atoms with van der Waals surface area (Å²) in [5, 5.41) is 0. The Morgan fingerprint density at radius 2 is 1.43 bits per heavy atom. The van der Waals surface area contributed by atoms with Crippen LogP contribution in [0.3, 0.4) is 0 Å². The first-order chi connectivity index (χ1) is 13.7. The van der Waals surface area contributed by atoms with E-state index in [1.807, 2.05) is 12.1 Å². The topological polar surface area (TPSA) is 59.0 Å². The number of nitrogens with zero attached hydrogens (tertiary/aromatic N) is 1. The molecule has 1 aliphatic carbocycles. The van der Waals surface area contributed by atoms with Gasteiger partial charge in [-0.2, -0.15) is 0 Å². The summed E-state index contributed by atoms with van der Waals surface area (Å²) in [6.45, 7) is 0.688. The molecule has 0 saturated heterocycles. The van der Waals surface area contributed by atoms with Crippen LogP contribution >= 0.6 is 0 Å². The highest BCUT2D eigenvalue weighted by atomic mass is 16.5. The molecule has 28 heavy (non-hydrogen) atoms. The van der Waals surface area contributed by atoms with Gasteiger partial charge in [-0.05, 0) is 50.2 Å². The van der Waals surface area contributed by atoms with Crippen molar-refractivity contribution in [2.75, 3.05) is 35.0 Å². The van der Waals surface area contributed by atoms with Gasteiger partial charge in [-0.3, -0.25) is 4.98 Å². The van der Waals surface area contributed by atoms with E-state index >= 15 is 0 Å². The summed E-state index contributed by atoms with van der Waals surface area (Å²) in [6, 6.07) is 3.82. The van der Waals surface area contributed by atoms with Crippen molar-refractivity contribution in [3.05, 3.63) is 35.7 Å². The second-order valence-corrected chi connectivity index (χ2v) is 6.86. The van der Waals surface area contributed by atoms with Crippen LogP contribution in [-0.2, 0) is 12.8 Å². The van der Waals surface area contributed by atoms with Crippen molar-refractivity contribution in [2.24, 2.45) is 5.92 Å². The molecule has 0 saturated carbocycles. The van der Waals surface area contributed by atoms with E-state index in [1.54, 1.807) is 40.8 Å². The minimum absolute atomic E-state index is 0.565. The summed E-state index contributed by atoms with van der Waals surface area (Å²) >= 11 is 0. The molecule has 0 atom stereocenters. The van der Waals surface area contributed by atoms with Crippen molar-refractivity contribution in [3.63, 3.8) is 0 Å².